The van der Waals surface area contributed by atoms with E-state index in [-0.39, 0.29) is 0 Å². The van der Waals surface area contributed by atoms with Crippen molar-refractivity contribution in [1.82, 2.24) is 0 Å². The van der Waals surface area contributed by atoms with Crippen LogP contribution in [0.5, 0.6) is 0 Å². The van der Waals surface area contributed by atoms with Gasteiger partial charge >= 0.3 is 0 Å². The molecule has 0 atom stereocenters. The highest BCUT2D eigenvalue weighted by Crippen LogP contribution is 2.40. The molecule has 58 heavy (non-hydrogen) atoms. The summed E-state index contributed by atoms with van der Waals surface area (Å²) in [5.74, 6) is 0. The quantitative estimate of drug-likeness (QED) is 0.129. The fourth-order valence-corrected chi connectivity index (χ4v) is 7.72. The largest absolute Gasteiger partial charge is 0.311 e. The molecule has 278 valence electrons. The molecule has 0 aliphatic heterocycles. The molecule has 0 spiro atoms. The van der Waals surface area contributed by atoms with Gasteiger partial charge in [-0.25, -0.2) is 0 Å². The lowest BCUT2D eigenvalue weighted by atomic mass is 10.0. The maximum atomic E-state index is 3.63. The average Bonchev–Trinajstić information content (AvgIpc) is 3.30. The van der Waals surface area contributed by atoms with Crippen LogP contribution in [0.2, 0.25) is 0 Å². The van der Waals surface area contributed by atoms with Crippen LogP contribution in [0, 0.1) is 0 Å². The van der Waals surface area contributed by atoms with E-state index in [9.17, 15) is 0 Å². The average molecular weight is 811 g/mol. The summed E-state index contributed by atoms with van der Waals surface area (Å²) >= 11 is 3.63. The molecule has 0 aliphatic carbocycles. The lowest BCUT2D eigenvalue weighted by molar-refractivity contribution is 1.28. The van der Waals surface area contributed by atoms with Crippen LogP contribution in [0.25, 0.3) is 22.3 Å². The molecule has 0 aliphatic rings. The van der Waals surface area contributed by atoms with Crippen LogP contribution in [0.4, 0.5) is 51.2 Å². The molecule has 0 bridgehead atoms. The number of rotatable bonds is 11. The van der Waals surface area contributed by atoms with E-state index in [2.05, 4.69) is 273 Å². The highest BCUT2D eigenvalue weighted by atomic mass is 79.9. The molecule has 0 saturated heterocycles. The fraction of sp³-hybridized carbons (Fsp3) is 0. The van der Waals surface area contributed by atoms with Crippen LogP contribution in [-0.4, -0.2) is 0 Å². The molecule has 0 amide bonds. The molecule has 0 saturated carbocycles. The summed E-state index contributed by atoms with van der Waals surface area (Å²) in [6.07, 6.45) is 0. The molecular weight excluding hydrogens is 771 g/mol. The minimum absolute atomic E-state index is 1.05. The summed E-state index contributed by atoms with van der Waals surface area (Å²) in [5, 5.41) is 0. The molecule has 0 aromatic heterocycles. The summed E-state index contributed by atoms with van der Waals surface area (Å²) in [5.41, 5.74) is 14.6. The number of hydrogen-bond donors (Lipinski definition) is 0. The second kappa shape index (κ2) is 16.9. The number of para-hydroxylation sites is 4. The minimum Gasteiger partial charge on any atom is -0.311 e. The summed E-state index contributed by atoms with van der Waals surface area (Å²) < 4.78 is 1.05. The highest BCUT2D eigenvalue weighted by molar-refractivity contribution is 9.10. The van der Waals surface area contributed by atoms with Crippen LogP contribution < -0.4 is 14.7 Å². The van der Waals surface area contributed by atoms with Gasteiger partial charge in [-0.05, 0) is 144 Å². The van der Waals surface area contributed by atoms with Gasteiger partial charge < -0.3 is 14.7 Å². The second-order valence-corrected chi connectivity index (χ2v) is 14.9. The Bertz CT molecular complexity index is 2420. The Morgan fingerprint density at radius 2 is 0.362 bits per heavy atom. The first kappa shape index (κ1) is 36.5. The maximum Gasteiger partial charge on any atom is 0.0462 e. The Morgan fingerprint density at radius 1 is 0.190 bits per heavy atom. The van der Waals surface area contributed by atoms with E-state index in [1.165, 1.54) is 0 Å². The van der Waals surface area contributed by atoms with Gasteiger partial charge in [0, 0.05) is 55.7 Å². The van der Waals surface area contributed by atoms with Crippen LogP contribution in [0.1, 0.15) is 0 Å². The lowest BCUT2D eigenvalue weighted by Crippen LogP contribution is -2.10. The predicted molar refractivity (Wildman–Crippen MR) is 249 cm³/mol. The third-order valence-electron chi connectivity index (χ3n) is 10.3. The van der Waals surface area contributed by atoms with Crippen molar-refractivity contribution in [3.8, 4) is 22.3 Å². The predicted octanol–water partition coefficient (Wildman–Crippen LogP) is 16.2. The molecule has 0 N–H and O–H groups in total. The van der Waals surface area contributed by atoms with Crippen LogP contribution >= 0.6 is 15.9 Å². The molecule has 9 aromatic carbocycles. The molecule has 0 radical (unpaired) electrons. The SMILES string of the molecule is Brc1ccc(N(c2ccc(-c3ccc(N(c4ccccc4)c4ccccc4)cc3)cc2)c2ccc(-c3ccc(N(c4ccccc4)c4ccccc4)cc3)cc2)cc1. The van der Waals surface area contributed by atoms with Gasteiger partial charge in [-0.2, -0.15) is 0 Å². The number of hydrogen-bond acceptors (Lipinski definition) is 3. The molecule has 0 fully saturated rings. The van der Waals surface area contributed by atoms with E-state index in [0.717, 1.165) is 77.9 Å². The van der Waals surface area contributed by atoms with Gasteiger partial charge in [0.05, 0.1) is 0 Å². The van der Waals surface area contributed by atoms with Crippen molar-refractivity contribution in [3.05, 3.63) is 247 Å². The molecule has 4 heteroatoms. The third-order valence-corrected chi connectivity index (χ3v) is 10.8. The first-order chi connectivity index (χ1) is 28.7. The van der Waals surface area contributed by atoms with E-state index in [1.807, 2.05) is 0 Å². The maximum absolute atomic E-state index is 3.63. The van der Waals surface area contributed by atoms with Gasteiger partial charge in [0.15, 0.2) is 0 Å². The van der Waals surface area contributed by atoms with E-state index in [4.69, 9.17) is 0 Å². The number of benzene rings is 9. The van der Waals surface area contributed by atoms with Crippen molar-refractivity contribution in [3.63, 3.8) is 0 Å². The molecule has 3 nitrogen and oxygen atoms in total. The second-order valence-electron chi connectivity index (χ2n) is 14.0. The monoisotopic (exact) mass is 809 g/mol. The van der Waals surface area contributed by atoms with Crippen molar-refractivity contribution in [2.45, 2.75) is 0 Å². The van der Waals surface area contributed by atoms with Gasteiger partial charge in [-0.3, -0.25) is 0 Å². The zero-order chi connectivity index (χ0) is 39.1. The normalized spacial score (nSPS) is 10.8. The highest BCUT2D eigenvalue weighted by Gasteiger charge is 2.16. The third kappa shape index (κ3) is 7.92. The Morgan fingerprint density at radius 3 is 0.569 bits per heavy atom. The van der Waals surface area contributed by atoms with Crippen molar-refractivity contribution in [1.29, 1.82) is 0 Å². The topological polar surface area (TPSA) is 9.72 Å². The van der Waals surface area contributed by atoms with Crippen molar-refractivity contribution in [2.75, 3.05) is 14.7 Å². The van der Waals surface area contributed by atoms with Crippen LogP contribution in [0.3, 0.4) is 0 Å². The zero-order valence-electron chi connectivity index (χ0n) is 31.8. The Labute approximate surface area is 349 Å². The zero-order valence-corrected chi connectivity index (χ0v) is 33.4. The van der Waals surface area contributed by atoms with E-state index >= 15 is 0 Å². The smallest absolute Gasteiger partial charge is 0.0462 e. The van der Waals surface area contributed by atoms with E-state index < -0.39 is 0 Å². The number of nitrogens with zero attached hydrogens (tertiary/aromatic N) is 3. The van der Waals surface area contributed by atoms with E-state index in [1.54, 1.807) is 0 Å². The summed E-state index contributed by atoms with van der Waals surface area (Å²) in [4.78, 5) is 6.88. The van der Waals surface area contributed by atoms with Crippen molar-refractivity contribution < 1.29 is 0 Å². The minimum atomic E-state index is 1.05. The van der Waals surface area contributed by atoms with Gasteiger partial charge in [-0.1, -0.05) is 137 Å². The number of halogens is 1. The Hall–Kier alpha value is -7.14. The molecule has 9 aromatic rings. The summed E-state index contributed by atoms with van der Waals surface area (Å²) in [6, 6.07) is 85.9. The standard InChI is InChI=1S/C54H40BrN3/c55-45-29-39-54(40-30-45)58(52-35-25-43(26-36-52)41-21-31-50(32-22-41)56(46-13-5-1-6-14-46)47-15-7-2-8-16-47)53-37-27-44(28-38-53)42-23-33-51(34-24-42)57(48-17-9-3-10-18-48)49-19-11-4-12-20-49/h1-40H. The van der Waals surface area contributed by atoms with Gasteiger partial charge in [-0.15, -0.1) is 0 Å². The summed E-state index contributed by atoms with van der Waals surface area (Å²) in [7, 11) is 0. The molecular formula is C54H40BrN3. The van der Waals surface area contributed by atoms with Crippen LogP contribution in [0.15, 0.2) is 247 Å². The Kier molecular flexibility index (Phi) is 10.7. The van der Waals surface area contributed by atoms with Gasteiger partial charge in [0.2, 0.25) is 0 Å². The first-order valence-corrected chi connectivity index (χ1v) is 20.2. The Balaban J connectivity index is 0.980. The van der Waals surface area contributed by atoms with Gasteiger partial charge in [0.25, 0.3) is 0 Å². The first-order valence-electron chi connectivity index (χ1n) is 19.5. The number of anilines is 9. The van der Waals surface area contributed by atoms with Crippen molar-refractivity contribution in [2.24, 2.45) is 0 Å². The van der Waals surface area contributed by atoms with E-state index in [0.29, 0.717) is 0 Å². The fourth-order valence-electron chi connectivity index (χ4n) is 7.45. The summed E-state index contributed by atoms with van der Waals surface area (Å²) in [6.45, 7) is 0. The van der Waals surface area contributed by atoms with Crippen LogP contribution in [-0.2, 0) is 0 Å². The molecule has 0 unspecified atom stereocenters. The lowest BCUT2D eigenvalue weighted by Gasteiger charge is -2.26. The molecule has 9 rings (SSSR count). The molecule has 0 heterocycles. The van der Waals surface area contributed by atoms with Crippen molar-refractivity contribution >= 4 is 67.1 Å². The van der Waals surface area contributed by atoms with Gasteiger partial charge in [0.1, 0.15) is 0 Å².